The van der Waals surface area contributed by atoms with Gasteiger partial charge < -0.3 is 21.5 Å². The van der Waals surface area contributed by atoms with E-state index in [-0.39, 0.29) is 23.2 Å². The number of benzene rings is 2. The summed E-state index contributed by atoms with van der Waals surface area (Å²) in [5.41, 5.74) is 9.87. The van der Waals surface area contributed by atoms with Gasteiger partial charge in [0.15, 0.2) is 0 Å². The van der Waals surface area contributed by atoms with Gasteiger partial charge in [0, 0.05) is 18.7 Å². The zero-order valence-electron chi connectivity index (χ0n) is 19.8. The molecule has 35 heavy (non-hydrogen) atoms. The fraction of sp³-hybridized carbons (Fsp3) is 0.185. The second-order valence-corrected chi connectivity index (χ2v) is 8.49. The molecule has 0 saturated heterocycles. The summed E-state index contributed by atoms with van der Waals surface area (Å²) < 4.78 is 0. The van der Waals surface area contributed by atoms with Crippen molar-refractivity contribution in [3.05, 3.63) is 89.3 Å². The van der Waals surface area contributed by atoms with Gasteiger partial charge in [0.25, 0.3) is 5.91 Å². The number of amidine groups is 1. The van der Waals surface area contributed by atoms with E-state index in [0.717, 1.165) is 22.4 Å². The van der Waals surface area contributed by atoms with E-state index in [1.807, 2.05) is 32.0 Å². The Kier molecular flexibility index (Phi) is 7.99. The lowest BCUT2D eigenvalue weighted by molar-refractivity contribution is 0.0697. The monoisotopic (exact) mass is 471 g/mol. The first kappa shape index (κ1) is 25.2. The number of amides is 1. The number of nitrogen functional groups attached to an aromatic ring is 1. The van der Waals surface area contributed by atoms with Crippen LogP contribution in [0.2, 0.25) is 0 Å². The number of rotatable bonds is 10. The molecular weight excluding hydrogens is 442 g/mol. The molecule has 0 unspecified atom stereocenters. The molecule has 1 heterocycles. The zero-order valence-corrected chi connectivity index (χ0v) is 19.8. The molecule has 0 aliphatic heterocycles. The molecule has 2 aromatic carbocycles. The van der Waals surface area contributed by atoms with Gasteiger partial charge >= 0.3 is 5.97 Å². The average Bonchev–Trinajstić information content (AvgIpc) is 2.85. The Morgan fingerprint density at radius 2 is 1.89 bits per heavy atom. The highest BCUT2D eigenvalue weighted by Crippen LogP contribution is 2.30. The van der Waals surface area contributed by atoms with E-state index in [9.17, 15) is 14.7 Å². The predicted molar refractivity (Wildman–Crippen MR) is 139 cm³/mol. The third-order valence-electron chi connectivity index (χ3n) is 5.36. The Morgan fingerprint density at radius 3 is 2.49 bits per heavy atom. The number of aromatic nitrogens is 1. The fourth-order valence-electron chi connectivity index (χ4n) is 3.50. The molecule has 0 radical (unpaired) electrons. The highest BCUT2D eigenvalue weighted by molar-refractivity contribution is 6.02. The quantitative estimate of drug-likeness (QED) is 0.220. The maximum Gasteiger partial charge on any atom is 0.336 e. The van der Waals surface area contributed by atoms with Crippen molar-refractivity contribution in [1.29, 1.82) is 5.41 Å². The van der Waals surface area contributed by atoms with Crippen LogP contribution >= 0.6 is 0 Å². The minimum Gasteiger partial charge on any atom is -0.478 e. The van der Waals surface area contributed by atoms with Gasteiger partial charge in [0.05, 0.1) is 17.4 Å². The molecule has 0 saturated carbocycles. The van der Waals surface area contributed by atoms with Gasteiger partial charge in [-0.2, -0.15) is 0 Å². The van der Waals surface area contributed by atoms with Gasteiger partial charge in [-0.25, -0.2) is 4.79 Å². The van der Waals surface area contributed by atoms with Crippen molar-refractivity contribution >= 4 is 29.5 Å². The summed E-state index contributed by atoms with van der Waals surface area (Å²) in [4.78, 5) is 28.8. The summed E-state index contributed by atoms with van der Waals surface area (Å²) in [6, 6.07) is 13.8. The van der Waals surface area contributed by atoms with E-state index in [0.29, 0.717) is 29.9 Å². The molecule has 8 heteroatoms. The van der Waals surface area contributed by atoms with Crippen LogP contribution in [0, 0.1) is 11.3 Å². The maximum atomic E-state index is 12.5. The maximum absolute atomic E-state index is 12.5. The number of aromatic carboxylic acids is 1. The number of carbonyl (C=O) groups excluding carboxylic acids is 1. The van der Waals surface area contributed by atoms with Gasteiger partial charge in [-0.15, -0.1) is 0 Å². The van der Waals surface area contributed by atoms with Crippen LogP contribution in [-0.2, 0) is 6.54 Å². The lowest BCUT2D eigenvalue weighted by Gasteiger charge is -2.16. The number of pyridine rings is 1. The number of hydrogen-bond acceptors (Lipinski definition) is 5. The number of nitrogens with zero attached hydrogens (tertiary/aromatic N) is 1. The zero-order chi connectivity index (χ0) is 25.5. The first-order valence-corrected chi connectivity index (χ1v) is 11.1. The first-order valence-electron chi connectivity index (χ1n) is 11.1. The molecule has 0 atom stereocenters. The lowest BCUT2D eigenvalue weighted by Crippen LogP contribution is -2.27. The number of nitrogens with one attached hydrogen (secondary N) is 3. The van der Waals surface area contributed by atoms with E-state index >= 15 is 0 Å². The van der Waals surface area contributed by atoms with E-state index in [1.165, 1.54) is 6.07 Å². The molecule has 6 N–H and O–H groups in total. The van der Waals surface area contributed by atoms with E-state index in [2.05, 4.69) is 22.2 Å². The number of carboxylic acid groups (broad SMARTS) is 1. The van der Waals surface area contributed by atoms with Crippen molar-refractivity contribution in [2.24, 2.45) is 11.7 Å². The SMILES string of the molecule is C=Cc1ccc(-c2ccc(C(=O)NCC(C)C)cc2C(=O)O)c(CNc2ccc(C(=N)N)nc2)c1. The first-order chi connectivity index (χ1) is 16.7. The highest BCUT2D eigenvalue weighted by Gasteiger charge is 2.18. The minimum absolute atomic E-state index is 0.0438. The van der Waals surface area contributed by atoms with Gasteiger partial charge in [-0.1, -0.05) is 44.7 Å². The van der Waals surface area contributed by atoms with Crippen molar-refractivity contribution in [1.82, 2.24) is 10.3 Å². The standard InChI is InChI=1S/C27H29N5O3/c1-4-17-5-8-21(19(11-17)14-30-20-7-10-24(25(28)29)31-15-20)22-9-6-18(12-23(22)27(34)35)26(33)32-13-16(2)3/h4-12,15-16,30H,1,13-14H2,2-3H3,(H3,28,29)(H,32,33)(H,34,35). The van der Waals surface area contributed by atoms with Crippen LogP contribution in [0.5, 0.6) is 0 Å². The number of carboxylic acids is 1. The lowest BCUT2D eigenvalue weighted by atomic mass is 9.92. The summed E-state index contributed by atoms with van der Waals surface area (Å²) in [6.45, 7) is 8.69. The number of carbonyl (C=O) groups is 2. The Balaban J connectivity index is 1.96. The van der Waals surface area contributed by atoms with Gasteiger partial charge in [0.2, 0.25) is 0 Å². The second-order valence-electron chi connectivity index (χ2n) is 8.49. The molecule has 1 amide bonds. The number of nitrogens with two attached hydrogens (primary N) is 1. The molecule has 3 rings (SSSR count). The van der Waals surface area contributed by atoms with Gasteiger partial charge in [0.1, 0.15) is 11.5 Å². The smallest absolute Gasteiger partial charge is 0.336 e. The summed E-state index contributed by atoms with van der Waals surface area (Å²) in [5.74, 6) is -1.25. The Hall–Kier alpha value is -4.46. The predicted octanol–water partition coefficient (Wildman–Crippen LogP) is 4.37. The van der Waals surface area contributed by atoms with Crippen LogP contribution in [0.1, 0.15) is 51.4 Å². The third-order valence-corrected chi connectivity index (χ3v) is 5.36. The van der Waals surface area contributed by atoms with Gasteiger partial charge in [-0.05, 0) is 58.5 Å². The van der Waals surface area contributed by atoms with Crippen molar-refractivity contribution in [3.8, 4) is 11.1 Å². The Labute approximate surface area is 204 Å². The molecule has 0 fully saturated rings. The van der Waals surface area contributed by atoms with Crippen LogP contribution in [-0.4, -0.2) is 34.3 Å². The molecular formula is C27H29N5O3. The molecule has 3 aromatic rings. The van der Waals surface area contributed by atoms with E-state index in [4.69, 9.17) is 11.1 Å². The van der Waals surface area contributed by atoms with Crippen LogP contribution in [0.15, 0.2) is 61.3 Å². The molecule has 180 valence electrons. The van der Waals surface area contributed by atoms with Crippen molar-refractivity contribution in [2.75, 3.05) is 11.9 Å². The molecule has 0 spiro atoms. The van der Waals surface area contributed by atoms with E-state index < -0.39 is 5.97 Å². The van der Waals surface area contributed by atoms with Crippen LogP contribution in [0.3, 0.4) is 0 Å². The third kappa shape index (κ3) is 6.32. The highest BCUT2D eigenvalue weighted by atomic mass is 16.4. The minimum atomic E-state index is -1.12. The van der Waals surface area contributed by atoms with Crippen LogP contribution in [0.4, 0.5) is 5.69 Å². The Bertz CT molecular complexity index is 1270. The van der Waals surface area contributed by atoms with E-state index in [1.54, 1.807) is 36.5 Å². The average molecular weight is 472 g/mol. The topological polar surface area (TPSA) is 141 Å². The van der Waals surface area contributed by atoms with Crippen molar-refractivity contribution in [3.63, 3.8) is 0 Å². The van der Waals surface area contributed by atoms with Crippen molar-refractivity contribution < 1.29 is 14.7 Å². The van der Waals surface area contributed by atoms with Crippen LogP contribution < -0.4 is 16.4 Å². The number of anilines is 1. The molecule has 0 aliphatic rings. The van der Waals surface area contributed by atoms with Gasteiger partial charge in [-0.3, -0.25) is 15.2 Å². The summed E-state index contributed by atoms with van der Waals surface area (Å²) in [5, 5.41) is 23.5. The summed E-state index contributed by atoms with van der Waals surface area (Å²) >= 11 is 0. The normalized spacial score (nSPS) is 10.6. The molecule has 1 aromatic heterocycles. The molecule has 0 bridgehead atoms. The fourth-order valence-corrected chi connectivity index (χ4v) is 3.50. The van der Waals surface area contributed by atoms with Crippen LogP contribution in [0.25, 0.3) is 17.2 Å². The second kappa shape index (κ2) is 11.1. The largest absolute Gasteiger partial charge is 0.478 e. The summed E-state index contributed by atoms with van der Waals surface area (Å²) in [7, 11) is 0. The molecule has 8 nitrogen and oxygen atoms in total. The summed E-state index contributed by atoms with van der Waals surface area (Å²) in [6.07, 6.45) is 3.30. The molecule has 0 aliphatic carbocycles. The Morgan fingerprint density at radius 1 is 1.14 bits per heavy atom. The number of hydrogen-bond donors (Lipinski definition) is 5. The van der Waals surface area contributed by atoms with Crippen molar-refractivity contribution in [2.45, 2.75) is 20.4 Å².